The third-order valence-corrected chi connectivity index (χ3v) is 5.31. The number of aromatic nitrogens is 2. The molecule has 2 aromatic heterocycles. The molecule has 10 heteroatoms. The zero-order valence-electron chi connectivity index (χ0n) is 15.9. The van der Waals surface area contributed by atoms with Gasteiger partial charge in [0.1, 0.15) is 30.5 Å². The predicted octanol–water partition coefficient (Wildman–Crippen LogP) is -0.942. The standard InChI is InChI=1S/C20H24N2O8/c23-6-13(25)16-15-11(10-3-1-2-4-12(10)22-15)5-9(21-16)8-29-20-19(28)18(27)17(26)14(7-24)30-20/h1-5,13-14,17-20,22-28H,6-8H2. The summed E-state index contributed by atoms with van der Waals surface area (Å²) in [6.07, 6.45) is -8.14. The van der Waals surface area contributed by atoms with E-state index >= 15 is 0 Å². The molecule has 3 aromatic rings. The predicted molar refractivity (Wildman–Crippen MR) is 104 cm³/mol. The average molecular weight is 420 g/mol. The topological polar surface area (TPSA) is 169 Å². The van der Waals surface area contributed by atoms with Gasteiger partial charge in [-0.25, -0.2) is 0 Å². The number of aliphatic hydroxyl groups excluding tert-OH is 6. The van der Waals surface area contributed by atoms with Crippen LogP contribution in [0.1, 0.15) is 17.5 Å². The van der Waals surface area contributed by atoms with Crippen LogP contribution in [0.15, 0.2) is 30.3 Å². The first-order valence-corrected chi connectivity index (χ1v) is 9.56. The van der Waals surface area contributed by atoms with E-state index < -0.39 is 50.0 Å². The first-order valence-electron chi connectivity index (χ1n) is 9.56. The number of ether oxygens (including phenoxy) is 2. The minimum atomic E-state index is -1.54. The molecule has 1 aromatic carbocycles. The second-order valence-corrected chi connectivity index (χ2v) is 7.30. The summed E-state index contributed by atoms with van der Waals surface area (Å²) in [5.74, 6) is 0. The lowest BCUT2D eigenvalue weighted by Crippen LogP contribution is -2.59. The molecular formula is C20H24N2O8. The largest absolute Gasteiger partial charge is 0.394 e. The van der Waals surface area contributed by atoms with Crippen molar-refractivity contribution in [1.29, 1.82) is 0 Å². The number of hydrogen-bond acceptors (Lipinski definition) is 9. The van der Waals surface area contributed by atoms with Gasteiger partial charge in [-0.05, 0) is 12.1 Å². The van der Waals surface area contributed by atoms with Gasteiger partial charge >= 0.3 is 0 Å². The maximum Gasteiger partial charge on any atom is 0.187 e. The van der Waals surface area contributed by atoms with Crippen LogP contribution < -0.4 is 0 Å². The molecule has 0 bridgehead atoms. The van der Waals surface area contributed by atoms with Gasteiger partial charge in [-0.3, -0.25) is 4.98 Å². The maximum atomic E-state index is 10.2. The molecule has 6 atom stereocenters. The lowest BCUT2D eigenvalue weighted by molar-refractivity contribution is -0.304. The molecule has 1 aliphatic heterocycles. The zero-order chi connectivity index (χ0) is 21.4. The SMILES string of the molecule is OCC(O)c1nc(COC2OC(CO)C(O)C(O)C2O)cc2c1[nH]c1ccccc12. The first kappa shape index (κ1) is 21.1. The van der Waals surface area contributed by atoms with Gasteiger partial charge in [0.15, 0.2) is 6.29 Å². The summed E-state index contributed by atoms with van der Waals surface area (Å²) in [7, 11) is 0. The highest BCUT2D eigenvalue weighted by atomic mass is 16.7. The fourth-order valence-corrected chi connectivity index (χ4v) is 3.70. The minimum absolute atomic E-state index is 0.150. The van der Waals surface area contributed by atoms with E-state index in [9.17, 15) is 30.6 Å². The monoisotopic (exact) mass is 420 g/mol. The second-order valence-electron chi connectivity index (χ2n) is 7.30. The summed E-state index contributed by atoms with van der Waals surface area (Å²) in [5.41, 5.74) is 2.08. The van der Waals surface area contributed by atoms with Gasteiger partial charge < -0.3 is 45.1 Å². The molecular weight excluding hydrogens is 396 g/mol. The van der Waals surface area contributed by atoms with E-state index in [1.165, 1.54) is 0 Å². The zero-order valence-corrected chi connectivity index (χ0v) is 15.9. The molecule has 6 unspecified atom stereocenters. The molecule has 0 amide bonds. The van der Waals surface area contributed by atoms with Crippen LogP contribution in [0, 0.1) is 0 Å². The summed E-state index contributed by atoms with van der Waals surface area (Å²) in [4.78, 5) is 7.58. The van der Waals surface area contributed by atoms with E-state index in [1.807, 2.05) is 24.3 Å². The number of aromatic amines is 1. The van der Waals surface area contributed by atoms with Gasteiger partial charge in [-0.15, -0.1) is 0 Å². The maximum absolute atomic E-state index is 10.2. The molecule has 30 heavy (non-hydrogen) atoms. The Hall–Kier alpha value is -2.15. The lowest BCUT2D eigenvalue weighted by atomic mass is 9.99. The van der Waals surface area contributed by atoms with Crippen molar-refractivity contribution in [3.05, 3.63) is 41.7 Å². The Kier molecular flexibility index (Phi) is 6.00. The Morgan fingerprint density at radius 1 is 1.07 bits per heavy atom. The van der Waals surface area contributed by atoms with Crippen molar-refractivity contribution < 1.29 is 40.1 Å². The Morgan fingerprint density at radius 2 is 1.83 bits per heavy atom. The molecule has 1 fully saturated rings. The van der Waals surface area contributed by atoms with Gasteiger partial charge in [-0.2, -0.15) is 0 Å². The number of H-pyrrole nitrogens is 1. The molecule has 1 aliphatic rings. The molecule has 0 radical (unpaired) electrons. The number of fused-ring (bicyclic) bond motifs is 3. The molecule has 7 N–H and O–H groups in total. The Labute approximate surface area is 170 Å². The van der Waals surface area contributed by atoms with Crippen LogP contribution in [-0.2, 0) is 16.1 Å². The average Bonchev–Trinajstić information content (AvgIpc) is 3.14. The number of nitrogens with one attached hydrogen (secondary N) is 1. The number of aliphatic hydroxyl groups is 6. The van der Waals surface area contributed by atoms with Crippen LogP contribution in [0.3, 0.4) is 0 Å². The van der Waals surface area contributed by atoms with Crippen LogP contribution in [0.25, 0.3) is 21.8 Å². The number of hydrogen-bond donors (Lipinski definition) is 7. The number of pyridine rings is 1. The van der Waals surface area contributed by atoms with Crippen molar-refractivity contribution in [2.45, 2.75) is 43.4 Å². The van der Waals surface area contributed by atoms with E-state index in [0.717, 1.165) is 16.3 Å². The van der Waals surface area contributed by atoms with Crippen LogP contribution >= 0.6 is 0 Å². The number of rotatable bonds is 6. The van der Waals surface area contributed by atoms with Crippen LogP contribution in [-0.4, -0.2) is 84.5 Å². The van der Waals surface area contributed by atoms with Crippen molar-refractivity contribution in [3.63, 3.8) is 0 Å². The summed E-state index contributed by atoms with van der Waals surface area (Å²) in [5, 5.41) is 60.5. The number of nitrogens with zero attached hydrogens (tertiary/aromatic N) is 1. The number of benzene rings is 1. The third kappa shape index (κ3) is 3.68. The fraction of sp³-hybridized carbons (Fsp3) is 0.450. The van der Waals surface area contributed by atoms with Crippen LogP contribution in [0.5, 0.6) is 0 Å². The molecule has 10 nitrogen and oxygen atoms in total. The van der Waals surface area contributed by atoms with E-state index in [2.05, 4.69) is 9.97 Å². The number of para-hydroxylation sites is 1. The first-order chi connectivity index (χ1) is 14.4. The van der Waals surface area contributed by atoms with E-state index in [0.29, 0.717) is 11.2 Å². The summed E-state index contributed by atoms with van der Waals surface area (Å²) >= 11 is 0. The van der Waals surface area contributed by atoms with Crippen molar-refractivity contribution in [1.82, 2.24) is 9.97 Å². The molecule has 162 valence electrons. The summed E-state index contributed by atoms with van der Waals surface area (Å²) < 4.78 is 10.9. The minimum Gasteiger partial charge on any atom is -0.394 e. The van der Waals surface area contributed by atoms with E-state index in [1.54, 1.807) is 6.07 Å². The summed E-state index contributed by atoms with van der Waals surface area (Å²) in [6.45, 7) is -1.23. The van der Waals surface area contributed by atoms with Gasteiger partial charge in [0.25, 0.3) is 0 Å². The third-order valence-electron chi connectivity index (χ3n) is 5.31. The van der Waals surface area contributed by atoms with Crippen LogP contribution in [0.2, 0.25) is 0 Å². The van der Waals surface area contributed by atoms with Crippen molar-refractivity contribution >= 4 is 21.8 Å². The highest BCUT2D eigenvalue weighted by Gasteiger charge is 2.44. The molecule has 3 heterocycles. The Bertz CT molecular complexity index is 1020. The molecule has 0 saturated carbocycles. The van der Waals surface area contributed by atoms with Crippen molar-refractivity contribution in [2.24, 2.45) is 0 Å². The van der Waals surface area contributed by atoms with E-state index in [-0.39, 0.29) is 12.3 Å². The summed E-state index contributed by atoms with van der Waals surface area (Å²) in [6, 6.07) is 9.30. The van der Waals surface area contributed by atoms with Crippen LogP contribution in [0.4, 0.5) is 0 Å². The van der Waals surface area contributed by atoms with Crippen molar-refractivity contribution in [2.75, 3.05) is 13.2 Å². The van der Waals surface area contributed by atoms with Crippen molar-refractivity contribution in [3.8, 4) is 0 Å². The molecule has 0 spiro atoms. The normalized spacial score (nSPS) is 28.3. The highest BCUT2D eigenvalue weighted by Crippen LogP contribution is 2.31. The van der Waals surface area contributed by atoms with Gasteiger partial charge in [0.2, 0.25) is 0 Å². The Balaban J connectivity index is 1.65. The quantitative estimate of drug-likeness (QED) is 0.266. The molecule has 4 rings (SSSR count). The van der Waals surface area contributed by atoms with Gasteiger partial charge in [0, 0.05) is 16.3 Å². The van der Waals surface area contributed by atoms with Gasteiger partial charge in [-0.1, -0.05) is 18.2 Å². The fourth-order valence-electron chi connectivity index (χ4n) is 3.70. The van der Waals surface area contributed by atoms with Gasteiger partial charge in [0.05, 0.1) is 36.7 Å². The smallest absolute Gasteiger partial charge is 0.187 e. The van der Waals surface area contributed by atoms with E-state index in [4.69, 9.17) is 9.47 Å². The second kappa shape index (κ2) is 8.53. The highest BCUT2D eigenvalue weighted by molar-refractivity contribution is 6.08. The Morgan fingerprint density at radius 3 is 2.57 bits per heavy atom. The molecule has 0 aliphatic carbocycles. The molecule has 1 saturated heterocycles. The lowest BCUT2D eigenvalue weighted by Gasteiger charge is -2.39.